The number of hydrogen-bond donors (Lipinski definition) is 4. The van der Waals surface area contributed by atoms with Crippen LogP contribution < -0.4 is 11.2 Å². The third kappa shape index (κ3) is 4.18. The summed E-state index contributed by atoms with van der Waals surface area (Å²) in [4.78, 5) is 42.5. The van der Waals surface area contributed by atoms with E-state index in [1.165, 1.54) is 0 Å². The molecule has 1 aliphatic heterocycles. The van der Waals surface area contributed by atoms with Gasteiger partial charge in [-0.2, -0.15) is 4.39 Å². The first kappa shape index (κ1) is 19.0. The van der Waals surface area contributed by atoms with Gasteiger partial charge in [-0.05, 0) is 5.92 Å². The van der Waals surface area contributed by atoms with E-state index >= 15 is 0 Å². The first-order valence-electron chi connectivity index (χ1n) is 7.08. The smallest absolute Gasteiger partial charge is 0.390 e. The van der Waals surface area contributed by atoms with E-state index in [1.807, 2.05) is 0 Å². The summed E-state index contributed by atoms with van der Waals surface area (Å²) in [5.74, 6) is -1.64. The van der Waals surface area contributed by atoms with E-state index in [4.69, 9.17) is 14.5 Å². The van der Waals surface area contributed by atoms with Crippen LogP contribution >= 0.6 is 7.82 Å². The summed E-state index contributed by atoms with van der Waals surface area (Å²) in [6.07, 6.45) is -4.14. The maximum atomic E-state index is 13.4. The number of phosphoric acid groups is 1. The molecule has 1 aromatic rings. The number of nitrogens with one attached hydrogen (secondary N) is 1. The lowest BCUT2D eigenvalue weighted by molar-refractivity contribution is -0.0936. The van der Waals surface area contributed by atoms with Crippen molar-refractivity contribution < 1.29 is 33.1 Å². The second-order valence-corrected chi connectivity index (χ2v) is 7.00. The van der Waals surface area contributed by atoms with Gasteiger partial charge in [0.15, 0.2) is 0 Å². The lowest BCUT2D eigenvalue weighted by atomic mass is 9.98. The van der Waals surface area contributed by atoms with Gasteiger partial charge in [0, 0.05) is 6.42 Å². The molecular formula is C12H18FN2O8P. The van der Waals surface area contributed by atoms with Crippen molar-refractivity contribution in [2.24, 2.45) is 5.92 Å². The largest absolute Gasteiger partial charge is 0.469 e. The predicted molar refractivity (Wildman–Crippen MR) is 77.6 cm³/mol. The standard InChI is InChI=1S/C12H18FN2O8P/c1-5(2)9(23-24(19,20)21)10-7(16)3-8(22-10)15-4-6(13)11(17)14-12(15)18/h4-5,7-10,16H,3H2,1-2H3,(H,14,17,18)(H2,19,20,21)/t7?,8-,9-,10+/m1/s1. The van der Waals surface area contributed by atoms with Gasteiger partial charge in [-0.25, -0.2) is 9.36 Å². The molecule has 1 fully saturated rings. The number of phosphoric ester groups is 1. The van der Waals surface area contributed by atoms with Crippen LogP contribution in [0.1, 0.15) is 26.5 Å². The van der Waals surface area contributed by atoms with E-state index in [9.17, 15) is 23.7 Å². The number of aromatic nitrogens is 2. The average Bonchev–Trinajstić information content (AvgIpc) is 2.80. The molecule has 0 amide bonds. The summed E-state index contributed by atoms with van der Waals surface area (Å²) < 4.78 is 35.3. The Hall–Kier alpha value is -1.36. The molecule has 1 unspecified atom stereocenters. The molecule has 12 heteroatoms. The third-order valence-electron chi connectivity index (χ3n) is 3.61. The molecule has 4 atom stereocenters. The fourth-order valence-electron chi connectivity index (χ4n) is 2.54. The van der Waals surface area contributed by atoms with Crippen LogP contribution in [0.4, 0.5) is 4.39 Å². The number of ether oxygens (including phenoxy) is 1. The van der Waals surface area contributed by atoms with Gasteiger partial charge in [-0.3, -0.25) is 18.9 Å². The van der Waals surface area contributed by atoms with Crippen LogP contribution in [0.5, 0.6) is 0 Å². The van der Waals surface area contributed by atoms with Gasteiger partial charge in [0.1, 0.15) is 18.4 Å². The molecule has 0 aromatic carbocycles. The van der Waals surface area contributed by atoms with Gasteiger partial charge in [0.25, 0.3) is 5.56 Å². The predicted octanol–water partition coefficient (Wildman–Crippen LogP) is -0.542. The summed E-state index contributed by atoms with van der Waals surface area (Å²) in [5, 5.41) is 10.1. The molecule has 24 heavy (non-hydrogen) atoms. The minimum absolute atomic E-state index is 0.149. The Morgan fingerprint density at radius 2 is 2.08 bits per heavy atom. The topological polar surface area (TPSA) is 151 Å². The van der Waals surface area contributed by atoms with Crippen LogP contribution in [0, 0.1) is 11.7 Å². The molecule has 1 aromatic heterocycles. The molecule has 1 saturated heterocycles. The molecule has 2 heterocycles. The van der Waals surface area contributed by atoms with Crippen LogP contribution in [-0.2, 0) is 13.8 Å². The lowest BCUT2D eigenvalue weighted by Crippen LogP contribution is -2.40. The van der Waals surface area contributed by atoms with Crippen LogP contribution in [0.2, 0.25) is 0 Å². The van der Waals surface area contributed by atoms with Gasteiger partial charge in [0.2, 0.25) is 5.82 Å². The number of aliphatic hydroxyl groups is 1. The lowest BCUT2D eigenvalue weighted by Gasteiger charge is -2.28. The molecule has 136 valence electrons. The van der Waals surface area contributed by atoms with Gasteiger partial charge in [0.05, 0.1) is 12.3 Å². The SMILES string of the molecule is CC(C)[C@@H](OP(=O)(O)O)[C@H]1O[C@@H](n2cc(F)c(=O)[nH]c2=O)CC1O. The molecule has 2 rings (SSSR count). The summed E-state index contributed by atoms with van der Waals surface area (Å²) in [5.41, 5.74) is -2.12. The highest BCUT2D eigenvalue weighted by atomic mass is 31.2. The molecule has 1 aliphatic rings. The molecule has 0 spiro atoms. The first-order chi connectivity index (χ1) is 11.0. The Bertz CT molecular complexity index is 756. The Kier molecular flexibility index (Phi) is 5.43. The summed E-state index contributed by atoms with van der Waals surface area (Å²) in [6, 6.07) is 0. The highest BCUT2D eigenvalue weighted by Gasteiger charge is 2.44. The van der Waals surface area contributed by atoms with E-state index in [0.29, 0.717) is 6.20 Å². The molecule has 0 radical (unpaired) electrons. The maximum absolute atomic E-state index is 13.4. The van der Waals surface area contributed by atoms with Crippen LogP contribution in [0.25, 0.3) is 0 Å². The number of H-pyrrole nitrogens is 1. The number of aromatic amines is 1. The molecule has 4 N–H and O–H groups in total. The van der Waals surface area contributed by atoms with Gasteiger partial charge in [-0.15, -0.1) is 0 Å². The number of nitrogens with zero attached hydrogens (tertiary/aromatic N) is 1. The van der Waals surface area contributed by atoms with Crippen LogP contribution in [-0.4, -0.2) is 42.8 Å². The van der Waals surface area contributed by atoms with E-state index < -0.39 is 55.3 Å². The van der Waals surface area contributed by atoms with Crippen molar-refractivity contribution >= 4 is 7.82 Å². The second-order valence-electron chi connectivity index (χ2n) is 5.81. The summed E-state index contributed by atoms with van der Waals surface area (Å²) in [6.45, 7) is 3.21. The third-order valence-corrected chi connectivity index (χ3v) is 4.13. The van der Waals surface area contributed by atoms with Crippen molar-refractivity contribution in [2.45, 2.75) is 44.8 Å². The number of aliphatic hydroxyl groups excluding tert-OH is 1. The highest BCUT2D eigenvalue weighted by molar-refractivity contribution is 7.46. The Morgan fingerprint density at radius 1 is 1.46 bits per heavy atom. The summed E-state index contributed by atoms with van der Waals surface area (Å²) >= 11 is 0. The van der Waals surface area contributed by atoms with E-state index in [2.05, 4.69) is 4.52 Å². The molecule has 0 aliphatic carbocycles. The Labute approximate surface area is 135 Å². The molecule has 0 saturated carbocycles. The average molecular weight is 368 g/mol. The van der Waals surface area contributed by atoms with E-state index in [-0.39, 0.29) is 6.42 Å². The van der Waals surface area contributed by atoms with E-state index in [1.54, 1.807) is 18.8 Å². The monoisotopic (exact) mass is 368 g/mol. The van der Waals surface area contributed by atoms with Crippen LogP contribution in [0.15, 0.2) is 15.8 Å². The van der Waals surface area contributed by atoms with Gasteiger partial charge >= 0.3 is 13.5 Å². The Balaban J connectivity index is 2.28. The zero-order chi connectivity index (χ0) is 18.2. The number of halogens is 1. The molecule has 10 nitrogen and oxygen atoms in total. The number of rotatable bonds is 5. The fourth-order valence-corrected chi connectivity index (χ4v) is 3.22. The van der Waals surface area contributed by atoms with Crippen molar-refractivity contribution in [3.8, 4) is 0 Å². The Morgan fingerprint density at radius 3 is 2.62 bits per heavy atom. The zero-order valence-corrected chi connectivity index (χ0v) is 13.7. The minimum atomic E-state index is -4.84. The second kappa shape index (κ2) is 6.87. The van der Waals surface area contributed by atoms with Gasteiger partial charge in [-0.1, -0.05) is 13.8 Å². The zero-order valence-electron chi connectivity index (χ0n) is 12.8. The molecular weight excluding hydrogens is 350 g/mol. The maximum Gasteiger partial charge on any atom is 0.469 e. The number of hydrogen-bond acceptors (Lipinski definition) is 6. The van der Waals surface area contributed by atoms with Crippen molar-refractivity contribution in [1.82, 2.24) is 9.55 Å². The highest BCUT2D eigenvalue weighted by Crippen LogP contribution is 2.43. The first-order valence-corrected chi connectivity index (χ1v) is 8.61. The van der Waals surface area contributed by atoms with E-state index in [0.717, 1.165) is 4.57 Å². The quantitative estimate of drug-likeness (QED) is 0.506. The van der Waals surface area contributed by atoms with Crippen molar-refractivity contribution in [3.63, 3.8) is 0 Å². The molecule has 0 bridgehead atoms. The van der Waals surface area contributed by atoms with Crippen molar-refractivity contribution in [2.75, 3.05) is 0 Å². The minimum Gasteiger partial charge on any atom is -0.390 e. The summed E-state index contributed by atoms with van der Waals surface area (Å²) in [7, 11) is -4.84. The van der Waals surface area contributed by atoms with Gasteiger partial charge < -0.3 is 19.6 Å². The van der Waals surface area contributed by atoms with Crippen LogP contribution in [0.3, 0.4) is 0 Å². The fraction of sp³-hybridized carbons (Fsp3) is 0.667. The van der Waals surface area contributed by atoms with Crippen molar-refractivity contribution in [3.05, 3.63) is 32.9 Å². The van der Waals surface area contributed by atoms with Crippen molar-refractivity contribution in [1.29, 1.82) is 0 Å². The normalized spacial score (nSPS) is 26.0.